The number of nitrogens with one attached hydrogen (secondary N) is 1. The second-order valence-electron chi connectivity index (χ2n) is 17.9. The standard InChI is InChI=1S/C48H60N2O11/c1-45(2,3)41(51)56-28-34-36(58-42(52)46(4,5)6)37(59-43(53)47(7,8)9)38(60-44(54)48(10,11)12)40(57-34)61-39-35-31(19-16-20-33(35)49-50-39)24-21-29-22-25-32(26-23-29)55-27-30-17-14-13-15-18-30/h13-26,34,36-38,40H,27-28H2,1-12H3,(H,49,50)/b24-21+/t34-,36-,37+,38-,40?/m1/s1/i1D,4D,7D,10D. The van der Waals surface area contributed by atoms with Crippen molar-refractivity contribution in [3.8, 4) is 11.6 Å². The van der Waals surface area contributed by atoms with Gasteiger partial charge in [0.15, 0.2) is 12.2 Å². The number of aromatic amines is 1. The van der Waals surface area contributed by atoms with Crippen LogP contribution in [0, 0.1) is 21.7 Å². The lowest BCUT2D eigenvalue weighted by Crippen LogP contribution is -2.65. The van der Waals surface area contributed by atoms with Crippen molar-refractivity contribution < 1.29 is 57.8 Å². The quantitative estimate of drug-likeness (QED) is 0.0821. The molecule has 1 fully saturated rings. The van der Waals surface area contributed by atoms with Crippen molar-refractivity contribution in [2.75, 3.05) is 6.61 Å². The highest BCUT2D eigenvalue weighted by molar-refractivity contribution is 5.94. The third-order valence-electron chi connectivity index (χ3n) is 9.31. The summed E-state index contributed by atoms with van der Waals surface area (Å²) in [4.78, 5) is 54.8. The van der Waals surface area contributed by atoms with Gasteiger partial charge in [0.1, 0.15) is 25.1 Å². The molecule has 0 radical (unpaired) electrons. The van der Waals surface area contributed by atoms with Crippen molar-refractivity contribution in [1.29, 1.82) is 0 Å². The molecule has 61 heavy (non-hydrogen) atoms. The van der Waals surface area contributed by atoms with E-state index in [9.17, 15) is 19.2 Å². The van der Waals surface area contributed by atoms with Crippen LogP contribution in [0.25, 0.3) is 23.1 Å². The van der Waals surface area contributed by atoms with Gasteiger partial charge in [-0.1, -0.05) is 66.7 Å². The van der Waals surface area contributed by atoms with Gasteiger partial charge in [0, 0.05) is 5.48 Å². The number of carbonyl (C=O) groups excluding carboxylic acids is 4. The topological polar surface area (TPSA) is 162 Å². The van der Waals surface area contributed by atoms with Gasteiger partial charge >= 0.3 is 23.9 Å². The van der Waals surface area contributed by atoms with Crippen molar-refractivity contribution >= 4 is 46.9 Å². The number of ether oxygens (including phenoxy) is 7. The third-order valence-corrected chi connectivity index (χ3v) is 9.31. The predicted molar refractivity (Wildman–Crippen MR) is 230 cm³/mol. The van der Waals surface area contributed by atoms with Gasteiger partial charge in [0.05, 0.1) is 32.6 Å². The molecule has 3 aromatic carbocycles. The van der Waals surface area contributed by atoms with Crippen molar-refractivity contribution in [2.24, 2.45) is 21.7 Å². The van der Waals surface area contributed by atoms with Crippen molar-refractivity contribution in [3.63, 3.8) is 0 Å². The van der Waals surface area contributed by atoms with E-state index in [0.717, 1.165) is 11.1 Å². The summed E-state index contributed by atoms with van der Waals surface area (Å²) in [6.07, 6.45) is -4.50. The number of H-pyrrole nitrogens is 1. The highest BCUT2D eigenvalue weighted by atomic mass is 16.7. The molecule has 328 valence electrons. The summed E-state index contributed by atoms with van der Waals surface area (Å²) < 4.78 is 74.9. The zero-order valence-corrected chi connectivity index (χ0v) is 36.2. The van der Waals surface area contributed by atoms with Crippen LogP contribution in [-0.2, 0) is 49.5 Å². The second kappa shape index (κ2) is 18.5. The van der Waals surface area contributed by atoms with Crippen molar-refractivity contribution in [1.82, 2.24) is 10.2 Å². The lowest BCUT2D eigenvalue weighted by Gasteiger charge is -2.45. The van der Waals surface area contributed by atoms with E-state index in [4.69, 9.17) is 38.6 Å². The average molecular weight is 845 g/mol. The number of aromatic nitrogens is 2. The van der Waals surface area contributed by atoms with Gasteiger partial charge < -0.3 is 33.2 Å². The van der Waals surface area contributed by atoms with E-state index in [2.05, 4.69) is 10.2 Å². The molecule has 1 aliphatic rings. The monoisotopic (exact) mass is 844 g/mol. The number of carbonyl (C=O) groups is 4. The summed E-state index contributed by atoms with van der Waals surface area (Å²) in [5.41, 5.74) is -2.31. The molecule has 5 atom stereocenters. The maximum Gasteiger partial charge on any atom is 0.311 e. The normalized spacial score (nSPS) is 20.8. The van der Waals surface area contributed by atoms with E-state index in [1.165, 1.54) is 55.4 Å². The highest BCUT2D eigenvalue weighted by Crippen LogP contribution is 2.37. The molecule has 1 aromatic heterocycles. The lowest BCUT2D eigenvalue weighted by molar-refractivity contribution is -0.294. The average Bonchev–Trinajstić information content (AvgIpc) is 3.71. The van der Waals surface area contributed by atoms with Crippen LogP contribution < -0.4 is 9.47 Å². The molecule has 1 aliphatic heterocycles. The van der Waals surface area contributed by atoms with Crippen molar-refractivity contribution in [3.05, 3.63) is 89.5 Å². The maximum absolute atomic E-state index is 13.9. The fourth-order valence-corrected chi connectivity index (χ4v) is 5.72. The lowest BCUT2D eigenvalue weighted by atomic mass is 9.93. The molecule has 0 aliphatic carbocycles. The van der Waals surface area contributed by atoms with E-state index in [1.807, 2.05) is 78.9 Å². The highest BCUT2D eigenvalue weighted by Gasteiger charge is 2.56. The first-order chi connectivity index (χ1) is 30.7. The zero-order chi connectivity index (χ0) is 47.7. The fraction of sp³-hybridized carbons (Fsp3) is 0.479. The van der Waals surface area contributed by atoms with Gasteiger partial charge in [-0.3, -0.25) is 24.3 Å². The van der Waals surface area contributed by atoms with Crippen molar-refractivity contribution in [2.45, 2.75) is 120 Å². The number of hydrogen-bond acceptors (Lipinski definition) is 12. The first kappa shape index (κ1) is 40.7. The molecule has 1 saturated heterocycles. The fourth-order valence-electron chi connectivity index (χ4n) is 5.72. The van der Waals surface area contributed by atoms with E-state index in [1.54, 1.807) is 6.07 Å². The molecular weight excluding hydrogens is 781 g/mol. The summed E-state index contributed by atoms with van der Waals surface area (Å²) in [6.45, 7) is 10.2. The molecule has 0 saturated carbocycles. The predicted octanol–water partition coefficient (Wildman–Crippen LogP) is 8.88. The molecule has 0 amide bonds. The SMILES string of the molecule is [2H]CC(C)(C)C(=O)OC[C@H]1OC(Oc2n[nH]c3cccc(/C=C/c4ccc(OCc5ccccc5)cc4)c23)[C@H](OC(=O)C(C)(C)C[2H])[C@@H](OC(=O)C(C)(C)C[2H])[C@@H]1OC(=O)C(C)(C)C[2H]. The minimum atomic E-state index is -1.72. The second-order valence-corrected chi connectivity index (χ2v) is 17.9. The maximum atomic E-state index is 13.9. The third kappa shape index (κ3) is 12.2. The minimum absolute atomic E-state index is 0.0239. The molecule has 2 heterocycles. The van der Waals surface area contributed by atoms with Crippen LogP contribution in [0.4, 0.5) is 0 Å². The van der Waals surface area contributed by atoms with Gasteiger partial charge in [-0.15, -0.1) is 5.10 Å². The molecule has 13 nitrogen and oxygen atoms in total. The Balaban J connectivity index is 1.57. The molecule has 0 spiro atoms. The number of fused-ring (bicyclic) bond motifs is 1. The smallest absolute Gasteiger partial charge is 0.311 e. The summed E-state index contributed by atoms with van der Waals surface area (Å²) >= 11 is 0. The molecular formula is C48H60N2O11. The van der Waals surface area contributed by atoms with Crippen LogP contribution in [0.5, 0.6) is 11.6 Å². The Morgan fingerprint density at radius 2 is 1.26 bits per heavy atom. The number of rotatable bonds is 12. The minimum Gasteiger partial charge on any atom is -0.489 e. The first-order valence-electron chi connectivity index (χ1n) is 22.7. The van der Waals surface area contributed by atoms with Crippen LogP contribution in [0.3, 0.4) is 0 Å². The van der Waals surface area contributed by atoms with Gasteiger partial charge in [0.2, 0.25) is 18.3 Å². The first-order valence-corrected chi connectivity index (χ1v) is 19.9. The van der Waals surface area contributed by atoms with Gasteiger partial charge in [0.25, 0.3) is 0 Å². The summed E-state index contributed by atoms with van der Waals surface area (Å²) in [5.74, 6) is -2.82. The Morgan fingerprint density at radius 3 is 1.87 bits per heavy atom. The van der Waals surface area contributed by atoms with Crippen LogP contribution in [0.15, 0.2) is 72.8 Å². The Hall–Kier alpha value is -5.69. The Kier molecular flexibility index (Phi) is 12.4. The molecule has 0 bridgehead atoms. The molecule has 1 N–H and O–H groups in total. The molecule has 4 aromatic rings. The number of benzene rings is 3. The van der Waals surface area contributed by atoms with Crippen LogP contribution in [0.1, 0.15) is 105 Å². The summed E-state index contributed by atoms with van der Waals surface area (Å²) in [7, 11) is 0. The number of hydrogen-bond donors (Lipinski definition) is 1. The Bertz CT molecular complexity index is 2300. The van der Waals surface area contributed by atoms with Crippen LogP contribution in [-0.4, -0.2) is 71.4 Å². The molecule has 13 heteroatoms. The summed E-state index contributed by atoms with van der Waals surface area (Å²) in [5, 5.41) is 7.88. The Labute approximate surface area is 364 Å². The largest absolute Gasteiger partial charge is 0.489 e. The van der Waals surface area contributed by atoms with E-state index < -0.39 is 104 Å². The van der Waals surface area contributed by atoms with Gasteiger partial charge in [-0.05, 0) is 118 Å². The number of esters is 4. The van der Waals surface area contributed by atoms with Crippen LogP contribution >= 0.6 is 0 Å². The zero-order valence-electron chi connectivity index (χ0n) is 40.2. The molecule has 1 unspecified atom stereocenters. The van der Waals surface area contributed by atoms with Gasteiger partial charge in [-0.2, -0.15) is 0 Å². The van der Waals surface area contributed by atoms with E-state index in [0.29, 0.717) is 28.8 Å². The van der Waals surface area contributed by atoms with Gasteiger partial charge in [-0.25, -0.2) is 0 Å². The number of nitrogens with zero attached hydrogens (tertiary/aromatic N) is 1. The van der Waals surface area contributed by atoms with Crippen LogP contribution in [0.2, 0.25) is 0 Å². The molecule has 5 rings (SSSR count). The van der Waals surface area contributed by atoms with E-state index >= 15 is 0 Å². The van der Waals surface area contributed by atoms with E-state index in [-0.39, 0.29) is 12.8 Å². The summed E-state index contributed by atoms with van der Waals surface area (Å²) in [6, 6.07) is 22.8. The Morgan fingerprint density at radius 1 is 0.689 bits per heavy atom.